The molecule has 0 aromatic heterocycles. The number of aryl methyl sites for hydroxylation is 1. The molecule has 1 aromatic rings. The van der Waals surface area contributed by atoms with Gasteiger partial charge in [-0.25, -0.2) is 0 Å². The highest BCUT2D eigenvalue weighted by molar-refractivity contribution is 14.0. The number of nitrogens with zero attached hydrogens (tertiary/aromatic N) is 1. The Hall–Kier alpha value is -0.630. The minimum atomic E-state index is 0. The van der Waals surface area contributed by atoms with Crippen LogP contribution in [0.25, 0.3) is 0 Å². The molecule has 0 bridgehead atoms. The maximum absolute atomic E-state index is 5.72. The number of nitrogens with one attached hydrogen (secondary N) is 2. The Balaban J connectivity index is 0.00000529. The third-order valence-electron chi connectivity index (χ3n) is 3.61. The van der Waals surface area contributed by atoms with Crippen LogP contribution in [0, 0.1) is 6.92 Å². The second-order valence-electron chi connectivity index (χ2n) is 6.18. The fourth-order valence-corrected chi connectivity index (χ4v) is 2.06. The second kappa shape index (κ2) is 12.7. The number of ether oxygens (including phenoxy) is 1. The number of thioether (sulfide) groups is 1. The van der Waals surface area contributed by atoms with Crippen LogP contribution < -0.4 is 15.4 Å². The van der Waals surface area contributed by atoms with Crippen LogP contribution in [0.2, 0.25) is 0 Å². The molecule has 0 atom stereocenters. The number of halogens is 1. The van der Waals surface area contributed by atoms with Crippen LogP contribution in [0.15, 0.2) is 29.3 Å². The van der Waals surface area contributed by atoms with E-state index < -0.39 is 0 Å². The van der Waals surface area contributed by atoms with Gasteiger partial charge in [0.2, 0.25) is 0 Å². The Morgan fingerprint density at radius 3 is 2.42 bits per heavy atom. The van der Waals surface area contributed by atoms with Crippen molar-refractivity contribution in [2.24, 2.45) is 4.99 Å². The Kier molecular flexibility index (Phi) is 12.4. The first kappa shape index (κ1) is 23.4. The second-order valence-corrected chi connectivity index (χ2v) is 7.70. The number of rotatable bonds is 9. The van der Waals surface area contributed by atoms with Gasteiger partial charge in [0.1, 0.15) is 5.75 Å². The minimum Gasteiger partial charge on any atom is -0.494 e. The maximum atomic E-state index is 5.72. The Morgan fingerprint density at radius 1 is 1.17 bits per heavy atom. The molecule has 1 rings (SSSR count). The highest BCUT2D eigenvalue weighted by Gasteiger charge is 2.15. The summed E-state index contributed by atoms with van der Waals surface area (Å²) in [5.41, 5.74) is 1.25. The van der Waals surface area contributed by atoms with Crippen LogP contribution in [0.5, 0.6) is 5.75 Å². The number of benzene rings is 1. The Labute approximate surface area is 168 Å². The number of aliphatic imine (C=N–C) groups is 1. The molecule has 4 nitrogen and oxygen atoms in total. The van der Waals surface area contributed by atoms with E-state index in [-0.39, 0.29) is 28.7 Å². The molecule has 0 spiro atoms. The van der Waals surface area contributed by atoms with Gasteiger partial charge in [-0.05, 0) is 52.0 Å². The first-order valence-electron chi connectivity index (χ1n) is 8.16. The molecule has 0 heterocycles. The van der Waals surface area contributed by atoms with E-state index in [0.717, 1.165) is 44.2 Å². The summed E-state index contributed by atoms with van der Waals surface area (Å²) in [5, 5.41) is 6.72. The summed E-state index contributed by atoms with van der Waals surface area (Å²) in [6.45, 7) is 9.06. The summed E-state index contributed by atoms with van der Waals surface area (Å²) in [5.74, 6) is 1.81. The van der Waals surface area contributed by atoms with Gasteiger partial charge in [0.15, 0.2) is 5.96 Å². The number of guanidine groups is 1. The molecule has 0 saturated heterocycles. The molecular weight excluding hydrogens is 433 g/mol. The van der Waals surface area contributed by atoms with Gasteiger partial charge in [0.25, 0.3) is 0 Å². The van der Waals surface area contributed by atoms with E-state index in [9.17, 15) is 0 Å². The molecule has 0 aliphatic rings. The zero-order valence-corrected chi connectivity index (χ0v) is 18.7. The van der Waals surface area contributed by atoms with Crippen molar-refractivity contribution in [3.8, 4) is 5.75 Å². The number of unbranched alkanes of at least 4 members (excludes halogenated alkanes) is 1. The van der Waals surface area contributed by atoms with Crippen molar-refractivity contribution in [3.63, 3.8) is 0 Å². The van der Waals surface area contributed by atoms with Crippen molar-refractivity contribution in [2.45, 2.75) is 38.4 Å². The van der Waals surface area contributed by atoms with Gasteiger partial charge < -0.3 is 15.4 Å². The molecule has 0 aliphatic heterocycles. The molecule has 0 radical (unpaired) electrons. The topological polar surface area (TPSA) is 45.7 Å². The molecule has 2 N–H and O–H groups in total. The zero-order valence-electron chi connectivity index (χ0n) is 15.5. The van der Waals surface area contributed by atoms with Gasteiger partial charge in [0, 0.05) is 24.9 Å². The lowest BCUT2D eigenvalue weighted by Gasteiger charge is -2.23. The van der Waals surface area contributed by atoms with Crippen molar-refractivity contribution in [1.29, 1.82) is 0 Å². The lowest BCUT2D eigenvalue weighted by molar-refractivity contribution is 0.307. The molecule has 6 heteroatoms. The van der Waals surface area contributed by atoms with Gasteiger partial charge >= 0.3 is 0 Å². The number of hydrogen-bond acceptors (Lipinski definition) is 3. The van der Waals surface area contributed by atoms with E-state index in [4.69, 9.17) is 4.74 Å². The lowest BCUT2D eigenvalue weighted by atomic mass is 10.2. The predicted octanol–water partition coefficient (Wildman–Crippen LogP) is 4.08. The first-order valence-corrected chi connectivity index (χ1v) is 9.38. The average molecular weight is 465 g/mol. The van der Waals surface area contributed by atoms with Crippen molar-refractivity contribution in [1.82, 2.24) is 10.6 Å². The first-order chi connectivity index (χ1) is 11.0. The van der Waals surface area contributed by atoms with Gasteiger partial charge in [0.05, 0.1) is 6.61 Å². The van der Waals surface area contributed by atoms with Crippen molar-refractivity contribution in [2.75, 3.05) is 33.0 Å². The summed E-state index contributed by atoms with van der Waals surface area (Å²) in [4.78, 5) is 4.25. The van der Waals surface area contributed by atoms with Crippen molar-refractivity contribution >= 4 is 41.7 Å². The predicted molar refractivity (Wildman–Crippen MR) is 118 cm³/mol. The van der Waals surface area contributed by atoms with Gasteiger partial charge in [-0.3, -0.25) is 4.99 Å². The van der Waals surface area contributed by atoms with Crippen LogP contribution >= 0.6 is 35.7 Å². The average Bonchev–Trinajstić information content (AvgIpc) is 2.55. The summed E-state index contributed by atoms with van der Waals surface area (Å²) < 4.78 is 5.93. The summed E-state index contributed by atoms with van der Waals surface area (Å²) in [6.07, 6.45) is 4.21. The molecule has 24 heavy (non-hydrogen) atoms. The largest absolute Gasteiger partial charge is 0.494 e. The fourth-order valence-electron chi connectivity index (χ4n) is 1.85. The monoisotopic (exact) mass is 465 g/mol. The fraction of sp³-hybridized carbons (Fsp3) is 0.611. The molecule has 0 fully saturated rings. The van der Waals surface area contributed by atoms with Gasteiger partial charge in [-0.2, -0.15) is 11.8 Å². The van der Waals surface area contributed by atoms with Crippen LogP contribution in [-0.2, 0) is 0 Å². The van der Waals surface area contributed by atoms with Crippen LogP contribution in [0.1, 0.15) is 32.3 Å². The normalized spacial score (nSPS) is 11.6. The van der Waals surface area contributed by atoms with E-state index in [2.05, 4.69) is 54.8 Å². The molecular formula is C18H32IN3OS. The van der Waals surface area contributed by atoms with Crippen molar-refractivity contribution < 1.29 is 4.74 Å². The van der Waals surface area contributed by atoms with Crippen LogP contribution in [0.3, 0.4) is 0 Å². The summed E-state index contributed by atoms with van der Waals surface area (Å²) in [6, 6.07) is 8.19. The standard InChI is InChI=1S/C18H31N3OS.HI/c1-15-8-10-16(11-9-15)22-13-7-6-12-20-17(19-4)21-14-18(2,3)23-5;/h8-11H,6-7,12-14H2,1-5H3,(H2,19,20,21);1H. The van der Waals surface area contributed by atoms with Crippen LogP contribution in [-0.4, -0.2) is 43.7 Å². The third-order valence-corrected chi connectivity index (χ3v) is 4.86. The van der Waals surface area contributed by atoms with E-state index in [0.29, 0.717) is 0 Å². The lowest BCUT2D eigenvalue weighted by Crippen LogP contribution is -2.43. The van der Waals surface area contributed by atoms with Crippen LogP contribution in [0.4, 0.5) is 0 Å². The van der Waals surface area contributed by atoms with E-state index in [1.807, 2.05) is 30.9 Å². The van der Waals surface area contributed by atoms with Gasteiger partial charge in [-0.15, -0.1) is 24.0 Å². The maximum Gasteiger partial charge on any atom is 0.191 e. The highest BCUT2D eigenvalue weighted by atomic mass is 127. The smallest absolute Gasteiger partial charge is 0.191 e. The molecule has 138 valence electrons. The third kappa shape index (κ3) is 10.3. The van der Waals surface area contributed by atoms with E-state index in [1.54, 1.807) is 0 Å². The van der Waals surface area contributed by atoms with E-state index >= 15 is 0 Å². The summed E-state index contributed by atoms with van der Waals surface area (Å²) >= 11 is 1.85. The van der Waals surface area contributed by atoms with Crippen molar-refractivity contribution in [3.05, 3.63) is 29.8 Å². The molecule has 0 amide bonds. The summed E-state index contributed by atoms with van der Waals surface area (Å²) in [7, 11) is 1.81. The minimum absolute atomic E-state index is 0. The Bertz CT molecular complexity index is 478. The van der Waals surface area contributed by atoms with E-state index in [1.165, 1.54) is 5.56 Å². The molecule has 0 aliphatic carbocycles. The Morgan fingerprint density at radius 2 is 1.83 bits per heavy atom. The van der Waals surface area contributed by atoms with Gasteiger partial charge in [-0.1, -0.05) is 17.7 Å². The quantitative estimate of drug-likeness (QED) is 0.250. The highest BCUT2D eigenvalue weighted by Crippen LogP contribution is 2.19. The number of hydrogen-bond donors (Lipinski definition) is 2. The SMILES string of the molecule is CN=C(NCCCCOc1ccc(C)cc1)NCC(C)(C)SC.I. The molecule has 0 unspecified atom stereocenters. The molecule has 1 aromatic carbocycles. The molecule has 0 saturated carbocycles. The zero-order chi connectivity index (χ0) is 17.1.